The third kappa shape index (κ3) is 3.34. The van der Waals surface area contributed by atoms with Crippen molar-refractivity contribution in [3.63, 3.8) is 0 Å². The Morgan fingerprint density at radius 1 is 1.44 bits per heavy atom. The zero-order valence-electron chi connectivity index (χ0n) is 10.3. The highest BCUT2D eigenvalue weighted by atomic mass is 16.3. The Morgan fingerprint density at radius 3 is 2.89 bits per heavy atom. The Kier molecular flexibility index (Phi) is 4.37. The van der Waals surface area contributed by atoms with Gasteiger partial charge in [0.15, 0.2) is 0 Å². The van der Waals surface area contributed by atoms with Gasteiger partial charge in [-0.1, -0.05) is 0 Å². The lowest BCUT2D eigenvalue weighted by Gasteiger charge is -2.14. The second-order valence-corrected chi connectivity index (χ2v) is 4.39. The van der Waals surface area contributed by atoms with Gasteiger partial charge in [0.2, 0.25) is 11.7 Å². The van der Waals surface area contributed by atoms with E-state index < -0.39 is 0 Å². The molecule has 1 aliphatic rings. The van der Waals surface area contributed by atoms with Crippen molar-refractivity contribution in [3.05, 3.63) is 23.7 Å². The van der Waals surface area contributed by atoms with Crippen molar-refractivity contribution in [2.75, 3.05) is 19.6 Å². The molecule has 1 fully saturated rings. The fourth-order valence-electron chi connectivity index (χ4n) is 2.06. The van der Waals surface area contributed by atoms with Crippen LogP contribution in [-0.4, -0.2) is 30.4 Å². The first-order chi connectivity index (χ1) is 8.79. The summed E-state index contributed by atoms with van der Waals surface area (Å²) in [5.41, 5.74) is 0. The van der Waals surface area contributed by atoms with E-state index in [9.17, 15) is 4.79 Å². The van der Waals surface area contributed by atoms with Crippen molar-refractivity contribution in [2.45, 2.75) is 25.8 Å². The highest BCUT2D eigenvalue weighted by Gasteiger charge is 2.16. The molecule has 0 unspecified atom stereocenters. The van der Waals surface area contributed by atoms with E-state index in [1.165, 1.54) is 0 Å². The summed E-state index contributed by atoms with van der Waals surface area (Å²) in [5, 5.41) is 11.7. The molecule has 2 rings (SSSR count). The van der Waals surface area contributed by atoms with Crippen molar-refractivity contribution in [1.29, 1.82) is 5.26 Å². The molecule has 0 aliphatic carbocycles. The van der Waals surface area contributed by atoms with Crippen LogP contribution in [0.3, 0.4) is 0 Å². The normalized spacial score (nSPS) is 14.7. The molecule has 0 spiro atoms. The van der Waals surface area contributed by atoms with E-state index in [1.807, 2.05) is 11.0 Å². The Bertz CT molecular complexity index is 441. The molecule has 1 aliphatic heterocycles. The van der Waals surface area contributed by atoms with Gasteiger partial charge in [0.1, 0.15) is 11.8 Å². The van der Waals surface area contributed by atoms with Crippen molar-refractivity contribution in [2.24, 2.45) is 0 Å². The van der Waals surface area contributed by atoms with Crippen molar-refractivity contribution >= 4 is 5.91 Å². The van der Waals surface area contributed by atoms with E-state index in [-0.39, 0.29) is 5.91 Å². The number of rotatable bonds is 5. The van der Waals surface area contributed by atoms with Crippen LogP contribution in [0.2, 0.25) is 0 Å². The van der Waals surface area contributed by atoms with E-state index in [1.54, 1.807) is 12.1 Å². The van der Waals surface area contributed by atoms with E-state index in [4.69, 9.17) is 9.68 Å². The zero-order chi connectivity index (χ0) is 12.8. The maximum absolute atomic E-state index is 11.7. The molecule has 0 radical (unpaired) electrons. The van der Waals surface area contributed by atoms with Crippen LogP contribution in [0.4, 0.5) is 0 Å². The van der Waals surface area contributed by atoms with Gasteiger partial charge in [-0.15, -0.1) is 0 Å². The van der Waals surface area contributed by atoms with Crippen molar-refractivity contribution < 1.29 is 9.21 Å². The average molecular weight is 247 g/mol. The van der Waals surface area contributed by atoms with Gasteiger partial charge in [-0.05, 0) is 25.0 Å². The van der Waals surface area contributed by atoms with Gasteiger partial charge >= 0.3 is 0 Å². The lowest BCUT2D eigenvalue weighted by atomic mass is 10.3. The van der Waals surface area contributed by atoms with Crippen LogP contribution in [0.1, 0.15) is 30.8 Å². The minimum atomic E-state index is 0.220. The Morgan fingerprint density at radius 2 is 2.22 bits per heavy atom. The Hall–Kier alpha value is -1.80. The number of likely N-dealkylation sites (tertiary alicyclic amines) is 1. The maximum atomic E-state index is 11.7. The first kappa shape index (κ1) is 12.7. The lowest BCUT2D eigenvalue weighted by Crippen LogP contribution is -2.30. The maximum Gasteiger partial charge on any atom is 0.223 e. The summed E-state index contributed by atoms with van der Waals surface area (Å²) >= 11 is 0. The molecule has 1 aromatic heterocycles. The third-order valence-corrected chi connectivity index (χ3v) is 3.05. The number of nitriles is 1. The van der Waals surface area contributed by atoms with Gasteiger partial charge in [-0.2, -0.15) is 5.26 Å². The van der Waals surface area contributed by atoms with E-state index in [0.717, 1.165) is 31.7 Å². The molecule has 2 heterocycles. The number of hydrogen-bond donors (Lipinski definition) is 1. The lowest BCUT2D eigenvalue weighted by molar-refractivity contribution is -0.130. The van der Waals surface area contributed by atoms with Crippen molar-refractivity contribution in [1.82, 2.24) is 10.2 Å². The van der Waals surface area contributed by atoms with Crippen LogP contribution in [0.25, 0.3) is 0 Å². The van der Waals surface area contributed by atoms with Crippen LogP contribution in [0.5, 0.6) is 0 Å². The summed E-state index contributed by atoms with van der Waals surface area (Å²) in [5.74, 6) is 1.26. The quantitative estimate of drug-likeness (QED) is 0.795. The minimum absolute atomic E-state index is 0.220. The summed E-state index contributed by atoms with van der Waals surface area (Å²) < 4.78 is 5.22. The van der Waals surface area contributed by atoms with E-state index >= 15 is 0 Å². The van der Waals surface area contributed by atoms with E-state index in [0.29, 0.717) is 25.3 Å². The summed E-state index contributed by atoms with van der Waals surface area (Å²) in [7, 11) is 0. The van der Waals surface area contributed by atoms with Crippen molar-refractivity contribution in [3.8, 4) is 6.07 Å². The number of carbonyl (C=O) groups is 1. The third-order valence-electron chi connectivity index (χ3n) is 3.05. The largest absolute Gasteiger partial charge is 0.449 e. The summed E-state index contributed by atoms with van der Waals surface area (Å²) in [6, 6.07) is 5.35. The van der Waals surface area contributed by atoms with Crippen LogP contribution >= 0.6 is 0 Å². The first-order valence-electron chi connectivity index (χ1n) is 6.27. The molecule has 96 valence electrons. The number of nitrogens with one attached hydrogen (secondary N) is 1. The first-order valence-corrected chi connectivity index (χ1v) is 6.27. The molecule has 5 nitrogen and oxygen atoms in total. The molecule has 1 amide bonds. The summed E-state index contributed by atoms with van der Waals surface area (Å²) in [4.78, 5) is 13.6. The van der Waals surface area contributed by atoms with Crippen LogP contribution < -0.4 is 5.32 Å². The van der Waals surface area contributed by atoms with Gasteiger partial charge < -0.3 is 14.6 Å². The van der Waals surface area contributed by atoms with Gasteiger partial charge in [0, 0.05) is 26.1 Å². The highest BCUT2D eigenvalue weighted by Crippen LogP contribution is 2.09. The predicted octanol–water partition coefficient (Wildman–Crippen LogP) is 1.25. The molecule has 5 heteroatoms. The van der Waals surface area contributed by atoms with Crippen LogP contribution in [0, 0.1) is 11.3 Å². The molecule has 1 saturated heterocycles. The predicted molar refractivity (Wildman–Crippen MR) is 65.6 cm³/mol. The Labute approximate surface area is 106 Å². The standard InChI is InChI=1S/C13H17N3O2/c14-9-11-3-4-12(18-11)10-15-6-5-13(17)16-7-1-2-8-16/h3-4,15H,1-2,5-8,10H2. The molecular weight excluding hydrogens is 230 g/mol. The molecule has 0 aromatic carbocycles. The number of nitrogens with zero attached hydrogens (tertiary/aromatic N) is 2. The number of carbonyl (C=O) groups excluding carboxylic acids is 1. The Balaban J connectivity index is 1.63. The average Bonchev–Trinajstić information content (AvgIpc) is 3.05. The van der Waals surface area contributed by atoms with Gasteiger partial charge in [0.25, 0.3) is 0 Å². The smallest absolute Gasteiger partial charge is 0.223 e. The molecule has 1 aromatic rings. The van der Waals surface area contributed by atoms with Crippen LogP contribution in [0.15, 0.2) is 16.5 Å². The van der Waals surface area contributed by atoms with Gasteiger partial charge in [0.05, 0.1) is 6.54 Å². The highest BCUT2D eigenvalue weighted by molar-refractivity contribution is 5.76. The SMILES string of the molecule is N#Cc1ccc(CNCCC(=O)N2CCCC2)o1. The fraction of sp³-hybridized carbons (Fsp3) is 0.538. The zero-order valence-corrected chi connectivity index (χ0v) is 10.3. The fourth-order valence-corrected chi connectivity index (χ4v) is 2.06. The minimum Gasteiger partial charge on any atom is -0.449 e. The molecule has 0 atom stereocenters. The number of furan rings is 1. The molecule has 18 heavy (non-hydrogen) atoms. The van der Waals surface area contributed by atoms with E-state index in [2.05, 4.69) is 5.32 Å². The number of hydrogen-bond acceptors (Lipinski definition) is 4. The molecule has 0 saturated carbocycles. The second-order valence-electron chi connectivity index (χ2n) is 4.39. The van der Waals surface area contributed by atoms with Gasteiger partial charge in [-0.3, -0.25) is 4.79 Å². The number of amides is 1. The van der Waals surface area contributed by atoms with Crippen LogP contribution in [-0.2, 0) is 11.3 Å². The molecular formula is C13H17N3O2. The summed E-state index contributed by atoms with van der Waals surface area (Å²) in [6.07, 6.45) is 2.77. The second kappa shape index (κ2) is 6.22. The molecule has 1 N–H and O–H groups in total. The molecule has 0 bridgehead atoms. The van der Waals surface area contributed by atoms with Gasteiger partial charge in [-0.25, -0.2) is 0 Å². The monoisotopic (exact) mass is 247 g/mol. The topological polar surface area (TPSA) is 69.3 Å². The summed E-state index contributed by atoms with van der Waals surface area (Å²) in [6.45, 7) is 3.00.